The summed E-state index contributed by atoms with van der Waals surface area (Å²) in [6.07, 6.45) is 0. The van der Waals surface area contributed by atoms with Crippen molar-refractivity contribution in [1.29, 1.82) is 5.26 Å². The first-order valence-corrected chi connectivity index (χ1v) is 11.3. The van der Waals surface area contributed by atoms with Gasteiger partial charge in [-0.25, -0.2) is 8.42 Å². The molecule has 28 heavy (non-hydrogen) atoms. The van der Waals surface area contributed by atoms with Crippen LogP contribution in [0.3, 0.4) is 0 Å². The number of piperazine rings is 1. The minimum atomic E-state index is -3.75. The Morgan fingerprint density at radius 2 is 1.93 bits per heavy atom. The molecule has 1 aromatic heterocycles. The Kier molecular flexibility index (Phi) is 6.46. The molecule has 9 heteroatoms. The van der Waals surface area contributed by atoms with E-state index >= 15 is 0 Å². The fourth-order valence-electron chi connectivity index (χ4n) is 3.18. The molecular formula is C19H22N4O3S2. The molecule has 0 aliphatic carbocycles. The highest BCUT2D eigenvalue weighted by molar-refractivity contribution is 7.89. The normalized spacial score (nSPS) is 15.5. The summed E-state index contributed by atoms with van der Waals surface area (Å²) in [5.74, 6) is -0.00722. The van der Waals surface area contributed by atoms with Crippen LogP contribution in [0.15, 0.2) is 46.0 Å². The van der Waals surface area contributed by atoms with Crippen molar-refractivity contribution in [2.45, 2.75) is 11.4 Å². The summed E-state index contributed by atoms with van der Waals surface area (Å²) in [4.78, 5) is 16.2. The van der Waals surface area contributed by atoms with Crippen LogP contribution in [0.1, 0.15) is 11.1 Å². The molecule has 7 nitrogen and oxygen atoms in total. The SMILES string of the molecule is CN(CC(=O)N1CCN(S(=O)(=O)c2ccccc2C#N)CC1)Cc1ccsc1. The molecule has 0 saturated carbocycles. The topological polar surface area (TPSA) is 84.7 Å². The van der Waals surface area contributed by atoms with Crippen LogP contribution < -0.4 is 0 Å². The van der Waals surface area contributed by atoms with Crippen molar-refractivity contribution in [3.05, 3.63) is 52.2 Å². The molecule has 1 fully saturated rings. The van der Waals surface area contributed by atoms with Crippen LogP contribution in [0.25, 0.3) is 0 Å². The highest BCUT2D eigenvalue weighted by Crippen LogP contribution is 2.21. The highest BCUT2D eigenvalue weighted by Gasteiger charge is 2.31. The number of carbonyl (C=O) groups is 1. The van der Waals surface area contributed by atoms with Gasteiger partial charge in [-0.05, 0) is 41.6 Å². The molecule has 0 N–H and O–H groups in total. The first-order valence-electron chi connectivity index (χ1n) is 8.88. The first kappa shape index (κ1) is 20.5. The third-order valence-corrected chi connectivity index (χ3v) is 7.34. The van der Waals surface area contributed by atoms with Crippen LogP contribution in [0.5, 0.6) is 0 Å². The molecule has 0 spiro atoms. The Morgan fingerprint density at radius 3 is 2.57 bits per heavy atom. The van der Waals surface area contributed by atoms with Gasteiger partial charge in [0.2, 0.25) is 15.9 Å². The Morgan fingerprint density at radius 1 is 1.21 bits per heavy atom. The zero-order chi connectivity index (χ0) is 20.1. The standard InChI is InChI=1S/C19H22N4O3S2/c1-21(13-16-6-11-27-15-16)14-19(24)22-7-9-23(10-8-22)28(25,26)18-5-3-2-4-17(18)12-20/h2-6,11,15H,7-10,13-14H2,1H3. The number of thiophene rings is 1. The smallest absolute Gasteiger partial charge is 0.244 e. The van der Waals surface area contributed by atoms with Gasteiger partial charge in [0.15, 0.2) is 0 Å². The largest absolute Gasteiger partial charge is 0.339 e. The van der Waals surface area contributed by atoms with Gasteiger partial charge in [-0.15, -0.1) is 0 Å². The summed E-state index contributed by atoms with van der Waals surface area (Å²) in [5, 5.41) is 13.2. The lowest BCUT2D eigenvalue weighted by Crippen LogP contribution is -2.52. The van der Waals surface area contributed by atoms with E-state index in [9.17, 15) is 18.5 Å². The average Bonchev–Trinajstić information content (AvgIpc) is 3.20. The van der Waals surface area contributed by atoms with Gasteiger partial charge in [-0.1, -0.05) is 12.1 Å². The molecule has 1 aromatic carbocycles. The zero-order valence-electron chi connectivity index (χ0n) is 15.6. The van der Waals surface area contributed by atoms with E-state index < -0.39 is 10.0 Å². The van der Waals surface area contributed by atoms with Crippen LogP contribution >= 0.6 is 11.3 Å². The van der Waals surface area contributed by atoms with E-state index in [0.29, 0.717) is 26.2 Å². The first-order chi connectivity index (χ1) is 13.4. The Bertz CT molecular complexity index is 959. The van der Waals surface area contributed by atoms with Crippen LogP contribution in [0.2, 0.25) is 0 Å². The average molecular weight is 419 g/mol. The molecular weight excluding hydrogens is 396 g/mol. The second-order valence-electron chi connectivity index (χ2n) is 6.70. The van der Waals surface area contributed by atoms with Crippen molar-refractivity contribution in [2.75, 3.05) is 39.8 Å². The zero-order valence-corrected chi connectivity index (χ0v) is 17.2. The third kappa shape index (κ3) is 4.59. The van der Waals surface area contributed by atoms with Gasteiger partial charge < -0.3 is 4.90 Å². The van der Waals surface area contributed by atoms with Crippen molar-refractivity contribution in [3.63, 3.8) is 0 Å². The van der Waals surface area contributed by atoms with Gasteiger partial charge in [-0.3, -0.25) is 9.69 Å². The van der Waals surface area contributed by atoms with E-state index in [1.165, 1.54) is 22.0 Å². The molecule has 2 heterocycles. The lowest BCUT2D eigenvalue weighted by molar-refractivity contribution is -0.133. The molecule has 0 radical (unpaired) electrons. The van der Waals surface area contributed by atoms with E-state index in [0.717, 1.165) is 0 Å². The molecule has 1 amide bonds. The lowest BCUT2D eigenvalue weighted by atomic mass is 10.2. The quantitative estimate of drug-likeness (QED) is 0.711. The second kappa shape index (κ2) is 8.84. The van der Waals surface area contributed by atoms with Crippen LogP contribution in [0.4, 0.5) is 0 Å². The van der Waals surface area contributed by atoms with E-state index in [2.05, 4.69) is 5.38 Å². The Hall–Kier alpha value is -2.25. The van der Waals surface area contributed by atoms with Gasteiger partial charge in [0.1, 0.15) is 6.07 Å². The number of nitrogens with zero attached hydrogens (tertiary/aromatic N) is 4. The maximum absolute atomic E-state index is 12.9. The van der Waals surface area contributed by atoms with Crippen molar-refractivity contribution in [3.8, 4) is 6.07 Å². The van der Waals surface area contributed by atoms with Gasteiger partial charge in [-0.2, -0.15) is 20.9 Å². The van der Waals surface area contributed by atoms with Crippen LogP contribution in [0, 0.1) is 11.3 Å². The minimum absolute atomic E-state index is 0.00722. The summed E-state index contributed by atoms with van der Waals surface area (Å²) >= 11 is 1.63. The van der Waals surface area contributed by atoms with Crippen LogP contribution in [-0.2, 0) is 21.4 Å². The molecule has 0 bridgehead atoms. The number of likely N-dealkylation sites (N-methyl/N-ethyl adjacent to an activating group) is 1. The highest BCUT2D eigenvalue weighted by atomic mass is 32.2. The summed E-state index contributed by atoms with van der Waals surface area (Å²) in [7, 11) is -1.85. The van der Waals surface area contributed by atoms with Gasteiger partial charge in [0.25, 0.3) is 0 Å². The number of amides is 1. The number of nitriles is 1. The van der Waals surface area contributed by atoms with Crippen LogP contribution in [-0.4, -0.2) is 68.2 Å². The number of hydrogen-bond donors (Lipinski definition) is 0. The number of rotatable bonds is 6. The van der Waals surface area contributed by atoms with E-state index in [1.54, 1.807) is 28.4 Å². The van der Waals surface area contributed by atoms with Crippen molar-refractivity contribution < 1.29 is 13.2 Å². The predicted octanol–water partition coefficient (Wildman–Crippen LogP) is 1.58. The molecule has 0 unspecified atom stereocenters. The maximum atomic E-state index is 12.9. The fraction of sp³-hybridized carbons (Fsp3) is 0.368. The van der Waals surface area contributed by atoms with Gasteiger partial charge >= 0.3 is 0 Å². The molecule has 1 aliphatic heterocycles. The fourth-order valence-corrected chi connectivity index (χ4v) is 5.41. The second-order valence-corrected chi connectivity index (χ2v) is 9.38. The maximum Gasteiger partial charge on any atom is 0.244 e. The molecule has 2 aromatic rings. The number of sulfonamides is 1. The van der Waals surface area contributed by atoms with Gasteiger partial charge in [0, 0.05) is 32.7 Å². The molecule has 1 saturated heterocycles. The predicted molar refractivity (Wildman–Crippen MR) is 107 cm³/mol. The Labute approximate surface area is 169 Å². The number of benzene rings is 1. The number of carbonyl (C=O) groups excluding carboxylic acids is 1. The Balaban J connectivity index is 1.58. The summed E-state index contributed by atoms with van der Waals surface area (Å²) in [5.41, 5.74) is 1.31. The van der Waals surface area contributed by atoms with Crippen molar-refractivity contribution in [1.82, 2.24) is 14.1 Å². The van der Waals surface area contributed by atoms with Crippen molar-refractivity contribution in [2.24, 2.45) is 0 Å². The third-order valence-electron chi connectivity index (χ3n) is 4.65. The monoisotopic (exact) mass is 418 g/mol. The summed E-state index contributed by atoms with van der Waals surface area (Å²) in [6.45, 7) is 2.14. The molecule has 3 rings (SSSR count). The summed E-state index contributed by atoms with van der Waals surface area (Å²) < 4.78 is 27.1. The van der Waals surface area contributed by atoms with Gasteiger partial charge in [0.05, 0.1) is 17.0 Å². The summed E-state index contributed by atoms with van der Waals surface area (Å²) in [6, 6.07) is 10.2. The van der Waals surface area contributed by atoms with E-state index in [1.807, 2.05) is 29.5 Å². The molecule has 148 valence electrons. The molecule has 1 aliphatic rings. The van der Waals surface area contributed by atoms with E-state index in [4.69, 9.17) is 0 Å². The van der Waals surface area contributed by atoms with Crippen molar-refractivity contribution >= 4 is 27.3 Å². The molecule has 0 atom stereocenters. The minimum Gasteiger partial charge on any atom is -0.339 e. The number of hydrogen-bond acceptors (Lipinski definition) is 6. The van der Waals surface area contributed by atoms with E-state index in [-0.39, 0.29) is 29.5 Å². The lowest BCUT2D eigenvalue weighted by Gasteiger charge is -2.34.